The normalized spacial score (nSPS) is 14.8. The zero-order valence-electron chi connectivity index (χ0n) is 16.6. The lowest BCUT2D eigenvalue weighted by Crippen LogP contribution is -2.32. The maximum atomic E-state index is 12.2. The lowest BCUT2D eigenvalue weighted by Gasteiger charge is -2.21. The summed E-state index contributed by atoms with van der Waals surface area (Å²) in [7, 11) is 0. The number of thioether (sulfide) groups is 1. The van der Waals surface area contributed by atoms with Crippen LogP contribution in [0.15, 0.2) is 29.4 Å². The molecule has 1 atom stereocenters. The summed E-state index contributed by atoms with van der Waals surface area (Å²) in [5, 5.41) is 12.4. The summed E-state index contributed by atoms with van der Waals surface area (Å²) >= 11 is 1.47. The number of hydrogen-bond acceptors (Lipinski definition) is 5. The van der Waals surface area contributed by atoms with Crippen molar-refractivity contribution in [2.75, 3.05) is 18.0 Å². The Hall–Kier alpha value is -2.02. The summed E-state index contributed by atoms with van der Waals surface area (Å²) in [5.41, 5.74) is 2.26. The second-order valence-electron chi connectivity index (χ2n) is 6.81. The fourth-order valence-corrected chi connectivity index (χ4v) is 3.96. The average molecular weight is 388 g/mol. The van der Waals surface area contributed by atoms with Gasteiger partial charge in [0.1, 0.15) is 0 Å². The number of carbonyl (C=O) groups excluding carboxylic acids is 1. The van der Waals surface area contributed by atoms with Gasteiger partial charge in [0.15, 0.2) is 11.0 Å². The molecule has 27 heavy (non-hydrogen) atoms. The molecule has 6 nitrogen and oxygen atoms in total. The number of aromatic nitrogens is 3. The molecular weight excluding hydrogens is 358 g/mol. The van der Waals surface area contributed by atoms with Crippen LogP contribution in [0.2, 0.25) is 0 Å². The molecule has 1 heterocycles. The highest BCUT2D eigenvalue weighted by Crippen LogP contribution is 2.29. The Morgan fingerprint density at radius 2 is 1.89 bits per heavy atom. The molecule has 146 valence electrons. The van der Waals surface area contributed by atoms with Crippen LogP contribution in [0.3, 0.4) is 0 Å². The molecular formula is C20H29N5OS. The van der Waals surface area contributed by atoms with E-state index in [0.717, 1.165) is 49.0 Å². The van der Waals surface area contributed by atoms with Crippen molar-refractivity contribution in [1.82, 2.24) is 20.1 Å². The highest BCUT2D eigenvalue weighted by molar-refractivity contribution is 8.00. The Bertz CT molecular complexity index is 765. The summed E-state index contributed by atoms with van der Waals surface area (Å²) in [5.74, 6) is 0.930. The van der Waals surface area contributed by atoms with Gasteiger partial charge in [0.2, 0.25) is 5.91 Å². The van der Waals surface area contributed by atoms with Crippen LogP contribution < -0.4 is 10.2 Å². The largest absolute Gasteiger partial charge is 0.372 e. The molecule has 0 spiro atoms. The van der Waals surface area contributed by atoms with Crippen molar-refractivity contribution < 1.29 is 4.79 Å². The van der Waals surface area contributed by atoms with Crippen molar-refractivity contribution >= 4 is 23.4 Å². The predicted octanol–water partition coefficient (Wildman–Crippen LogP) is 3.57. The van der Waals surface area contributed by atoms with Gasteiger partial charge in [-0.15, -0.1) is 10.2 Å². The van der Waals surface area contributed by atoms with E-state index >= 15 is 0 Å². The van der Waals surface area contributed by atoms with Crippen molar-refractivity contribution in [3.05, 3.63) is 24.3 Å². The molecule has 0 saturated heterocycles. The van der Waals surface area contributed by atoms with Crippen molar-refractivity contribution in [2.24, 2.45) is 0 Å². The second-order valence-corrected chi connectivity index (χ2v) is 8.12. The summed E-state index contributed by atoms with van der Waals surface area (Å²) in [6.45, 7) is 11.1. The number of rotatable bonds is 9. The molecule has 0 bridgehead atoms. The minimum absolute atomic E-state index is 0.0817. The van der Waals surface area contributed by atoms with Gasteiger partial charge in [0.05, 0.1) is 5.25 Å². The highest BCUT2D eigenvalue weighted by atomic mass is 32.2. The maximum Gasteiger partial charge on any atom is 0.233 e. The quantitative estimate of drug-likeness (QED) is 0.667. The molecule has 1 amide bonds. The molecule has 1 aromatic carbocycles. The number of nitrogens with one attached hydrogen (secondary N) is 1. The number of nitrogens with zero attached hydrogens (tertiary/aromatic N) is 4. The lowest BCUT2D eigenvalue weighted by atomic mass is 10.2. The van der Waals surface area contributed by atoms with Crippen LogP contribution in [-0.2, 0) is 11.3 Å². The van der Waals surface area contributed by atoms with E-state index in [1.807, 2.05) is 6.92 Å². The Morgan fingerprint density at radius 1 is 1.22 bits per heavy atom. The average Bonchev–Trinajstić information content (AvgIpc) is 3.41. The minimum Gasteiger partial charge on any atom is -0.372 e. The molecule has 1 aromatic heterocycles. The Morgan fingerprint density at radius 3 is 2.44 bits per heavy atom. The monoisotopic (exact) mass is 387 g/mol. The number of amides is 1. The van der Waals surface area contributed by atoms with Crippen LogP contribution >= 0.6 is 11.8 Å². The number of benzene rings is 1. The van der Waals surface area contributed by atoms with Gasteiger partial charge in [-0.25, -0.2) is 0 Å². The van der Waals surface area contributed by atoms with Gasteiger partial charge in [-0.2, -0.15) is 0 Å². The topological polar surface area (TPSA) is 63.1 Å². The Kier molecular flexibility index (Phi) is 6.42. The van der Waals surface area contributed by atoms with Gasteiger partial charge in [0, 0.05) is 36.9 Å². The van der Waals surface area contributed by atoms with Crippen molar-refractivity contribution in [3.8, 4) is 11.4 Å². The molecule has 1 aliphatic carbocycles. The highest BCUT2D eigenvalue weighted by Gasteiger charge is 2.27. The first-order valence-corrected chi connectivity index (χ1v) is 10.7. The maximum absolute atomic E-state index is 12.2. The van der Waals surface area contributed by atoms with E-state index in [4.69, 9.17) is 0 Å². The van der Waals surface area contributed by atoms with Crippen LogP contribution in [-0.4, -0.2) is 45.1 Å². The smallest absolute Gasteiger partial charge is 0.233 e. The summed E-state index contributed by atoms with van der Waals surface area (Å²) in [6.07, 6.45) is 2.20. The number of carbonyl (C=O) groups is 1. The van der Waals surface area contributed by atoms with Gasteiger partial charge < -0.3 is 14.8 Å². The summed E-state index contributed by atoms with van der Waals surface area (Å²) in [4.78, 5) is 14.6. The van der Waals surface area contributed by atoms with E-state index in [2.05, 4.69) is 70.0 Å². The van der Waals surface area contributed by atoms with E-state index in [9.17, 15) is 4.79 Å². The first-order chi connectivity index (χ1) is 13.1. The van der Waals surface area contributed by atoms with E-state index in [1.54, 1.807) is 0 Å². The SMILES string of the molecule is CCN(CC)c1ccc(-c2nnc(S[C@H](C)C(=O)NC3CC3)n2CC)cc1. The van der Waals surface area contributed by atoms with Gasteiger partial charge in [0.25, 0.3) is 0 Å². The van der Waals surface area contributed by atoms with Crippen LogP contribution in [0.5, 0.6) is 0 Å². The first kappa shape index (κ1) is 19.7. The first-order valence-electron chi connectivity index (χ1n) is 9.82. The molecule has 1 saturated carbocycles. The fraction of sp³-hybridized carbons (Fsp3) is 0.550. The fourth-order valence-electron chi connectivity index (χ4n) is 3.04. The van der Waals surface area contributed by atoms with Crippen LogP contribution in [0.25, 0.3) is 11.4 Å². The lowest BCUT2D eigenvalue weighted by molar-refractivity contribution is -0.120. The number of hydrogen-bond donors (Lipinski definition) is 1. The van der Waals surface area contributed by atoms with Crippen molar-refractivity contribution in [1.29, 1.82) is 0 Å². The second kappa shape index (κ2) is 8.78. The standard InChI is InChI=1S/C20H29N5OS/c1-5-24(6-2)17-12-8-15(9-13-17)18-22-23-20(25(18)7-3)27-14(4)19(26)21-16-10-11-16/h8-9,12-14,16H,5-7,10-11H2,1-4H3,(H,21,26)/t14-/m1/s1. The molecule has 0 unspecified atom stereocenters. The van der Waals surface area contributed by atoms with E-state index in [-0.39, 0.29) is 11.2 Å². The molecule has 2 aromatic rings. The zero-order valence-corrected chi connectivity index (χ0v) is 17.4. The molecule has 1 fully saturated rings. The van der Waals surface area contributed by atoms with E-state index in [0.29, 0.717) is 6.04 Å². The molecule has 0 aliphatic heterocycles. The van der Waals surface area contributed by atoms with Gasteiger partial charge >= 0.3 is 0 Å². The third-order valence-electron chi connectivity index (χ3n) is 4.86. The molecule has 3 rings (SSSR count). The van der Waals surface area contributed by atoms with Gasteiger partial charge in [-0.1, -0.05) is 11.8 Å². The van der Waals surface area contributed by atoms with Crippen molar-refractivity contribution in [3.63, 3.8) is 0 Å². The predicted molar refractivity (Wildman–Crippen MR) is 111 cm³/mol. The third-order valence-corrected chi connectivity index (χ3v) is 5.94. The third kappa shape index (κ3) is 4.64. The van der Waals surface area contributed by atoms with Gasteiger partial charge in [-0.05, 0) is 64.8 Å². The van der Waals surface area contributed by atoms with E-state index < -0.39 is 0 Å². The molecule has 1 aliphatic rings. The minimum atomic E-state index is -0.182. The zero-order chi connectivity index (χ0) is 19.4. The van der Waals surface area contributed by atoms with Gasteiger partial charge in [-0.3, -0.25) is 4.79 Å². The molecule has 7 heteroatoms. The van der Waals surface area contributed by atoms with Crippen LogP contribution in [0, 0.1) is 0 Å². The molecule has 1 N–H and O–H groups in total. The Labute approximate surface area is 165 Å². The number of anilines is 1. The van der Waals surface area contributed by atoms with E-state index in [1.165, 1.54) is 17.4 Å². The van der Waals surface area contributed by atoms with Crippen LogP contribution in [0.1, 0.15) is 40.5 Å². The summed E-state index contributed by atoms with van der Waals surface area (Å²) < 4.78 is 2.08. The molecule has 0 radical (unpaired) electrons. The van der Waals surface area contributed by atoms with Crippen molar-refractivity contribution in [2.45, 2.75) is 63.5 Å². The Balaban J connectivity index is 1.75. The summed E-state index contributed by atoms with van der Waals surface area (Å²) in [6, 6.07) is 8.85. The van der Waals surface area contributed by atoms with Crippen LogP contribution in [0.4, 0.5) is 5.69 Å².